The summed E-state index contributed by atoms with van der Waals surface area (Å²) in [5.74, 6) is 0.178. The van der Waals surface area contributed by atoms with Gasteiger partial charge in [0.1, 0.15) is 0 Å². The number of carbonyl (C=O) groups excluding carboxylic acids is 1. The molecule has 0 unspecified atom stereocenters. The predicted molar refractivity (Wildman–Crippen MR) is 88.7 cm³/mol. The first kappa shape index (κ1) is 15.7. The number of carbonyl (C=O) groups is 1. The van der Waals surface area contributed by atoms with Gasteiger partial charge in [-0.15, -0.1) is 11.3 Å². The Morgan fingerprint density at radius 2 is 1.76 bits per heavy atom. The summed E-state index contributed by atoms with van der Waals surface area (Å²) < 4.78 is 0. The van der Waals surface area contributed by atoms with Crippen LogP contribution in [0.4, 0.5) is 0 Å². The Kier molecular flexibility index (Phi) is 5.12. The van der Waals surface area contributed by atoms with E-state index in [9.17, 15) is 4.79 Å². The summed E-state index contributed by atoms with van der Waals surface area (Å²) in [5, 5.41) is 1.01. The molecule has 1 aromatic heterocycles. The van der Waals surface area contributed by atoms with Crippen LogP contribution in [0.15, 0.2) is 24.3 Å². The van der Waals surface area contributed by atoms with Gasteiger partial charge in [-0.05, 0) is 27.7 Å². The van der Waals surface area contributed by atoms with Gasteiger partial charge >= 0.3 is 0 Å². The smallest absolute Gasteiger partial charge is 0.227 e. The summed E-state index contributed by atoms with van der Waals surface area (Å²) in [6.45, 7) is 9.61. The lowest BCUT2D eigenvalue weighted by Gasteiger charge is -2.18. The van der Waals surface area contributed by atoms with Crippen molar-refractivity contribution in [2.45, 2.75) is 34.1 Å². The normalized spacial score (nSPS) is 10.7. The van der Waals surface area contributed by atoms with Gasteiger partial charge in [0.05, 0.1) is 17.1 Å². The zero-order chi connectivity index (χ0) is 15.4. The number of rotatable bonds is 5. The lowest BCUT2D eigenvalue weighted by Crippen LogP contribution is -2.31. The van der Waals surface area contributed by atoms with E-state index in [2.05, 4.69) is 36.2 Å². The third-order valence-corrected chi connectivity index (χ3v) is 4.53. The molecule has 0 saturated heterocycles. The SMILES string of the molecule is CCN(CC)C(=O)Cc1sc(C)nc1-c1ccc(C)cc1. The number of nitrogens with zero attached hydrogens (tertiary/aromatic N) is 2. The van der Waals surface area contributed by atoms with Gasteiger partial charge in [-0.2, -0.15) is 0 Å². The van der Waals surface area contributed by atoms with E-state index in [-0.39, 0.29) is 5.91 Å². The number of likely N-dealkylation sites (N-methyl/N-ethyl adjacent to an activating group) is 1. The second-order valence-electron chi connectivity index (χ2n) is 5.11. The fraction of sp³-hybridized carbons (Fsp3) is 0.412. The van der Waals surface area contributed by atoms with Gasteiger partial charge in [0.25, 0.3) is 0 Å². The molecule has 0 aliphatic heterocycles. The highest BCUT2D eigenvalue weighted by Gasteiger charge is 2.17. The van der Waals surface area contributed by atoms with Crippen LogP contribution in [0.25, 0.3) is 11.3 Å². The predicted octanol–water partition coefficient (Wildman–Crippen LogP) is 3.84. The van der Waals surface area contributed by atoms with Crippen molar-refractivity contribution in [3.63, 3.8) is 0 Å². The summed E-state index contributed by atoms with van der Waals surface area (Å²) >= 11 is 1.62. The number of hydrogen-bond acceptors (Lipinski definition) is 3. The minimum Gasteiger partial charge on any atom is -0.343 e. The molecule has 21 heavy (non-hydrogen) atoms. The fourth-order valence-electron chi connectivity index (χ4n) is 2.35. The lowest BCUT2D eigenvalue weighted by molar-refractivity contribution is -0.130. The zero-order valence-electron chi connectivity index (χ0n) is 13.1. The van der Waals surface area contributed by atoms with Crippen molar-refractivity contribution in [2.24, 2.45) is 0 Å². The van der Waals surface area contributed by atoms with Crippen LogP contribution in [0.1, 0.15) is 29.3 Å². The molecule has 0 radical (unpaired) electrons. The molecule has 4 heteroatoms. The first-order chi connectivity index (χ1) is 10.0. The van der Waals surface area contributed by atoms with Gasteiger partial charge < -0.3 is 4.90 Å². The maximum absolute atomic E-state index is 12.3. The summed E-state index contributed by atoms with van der Waals surface area (Å²) in [4.78, 5) is 19.9. The third-order valence-electron chi connectivity index (χ3n) is 3.56. The van der Waals surface area contributed by atoms with E-state index in [0.717, 1.165) is 34.2 Å². The van der Waals surface area contributed by atoms with Crippen LogP contribution in [0.2, 0.25) is 0 Å². The highest BCUT2D eigenvalue weighted by molar-refractivity contribution is 7.12. The van der Waals surface area contributed by atoms with Crippen LogP contribution in [0.3, 0.4) is 0 Å². The van der Waals surface area contributed by atoms with Crippen molar-refractivity contribution in [1.82, 2.24) is 9.88 Å². The van der Waals surface area contributed by atoms with Gasteiger partial charge in [0.2, 0.25) is 5.91 Å². The van der Waals surface area contributed by atoms with Crippen LogP contribution >= 0.6 is 11.3 Å². The molecule has 0 atom stereocenters. The molecule has 1 aromatic carbocycles. The van der Waals surface area contributed by atoms with E-state index in [4.69, 9.17) is 0 Å². The van der Waals surface area contributed by atoms with E-state index in [1.54, 1.807) is 11.3 Å². The minimum atomic E-state index is 0.178. The number of benzene rings is 1. The van der Waals surface area contributed by atoms with Gasteiger partial charge in [0, 0.05) is 23.5 Å². The first-order valence-electron chi connectivity index (χ1n) is 7.36. The van der Waals surface area contributed by atoms with Gasteiger partial charge in [-0.25, -0.2) is 4.98 Å². The van der Waals surface area contributed by atoms with E-state index < -0.39 is 0 Å². The van der Waals surface area contributed by atoms with Crippen LogP contribution < -0.4 is 0 Å². The molecule has 0 bridgehead atoms. The number of amides is 1. The van der Waals surface area contributed by atoms with Crippen LogP contribution in [-0.4, -0.2) is 28.9 Å². The Balaban J connectivity index is 2.29. The summed E-state index contributed by atoms with van der Waals surface area (Å²) in [7, 11) is 0. The van der Waals surface area contributed by atoms with Gasteiger partial charge in [-0.1, -0.05) is 29.8 Å². The second-order valence-corrected chi connectivity index (χ2v) is 6.40. The molecular formula is C17H22N2OS. The molecule has 1 heterocycles. The minimum absolute atomic E-state index is 0.178. The molecule has 0 aliphatic rings. The lowest BCUT2D eigenvalue weighted by atomic mass is 10.1. The Hall–Kier alpha value is -1.68. The van der Waals surface area contributed by atoms with Crippen LogP contribution in [-0.2, 0) is 11.2 Å². The van der Waals surface area contributed by atoms with Crippen molar-refractivity contribution < 1.29 is 4.79 Å². The maximum atomic E-state index is 12.3. The number of hydrogen-bond donors (Lipinski definition) is 0. The number of aromatic nitrogens is 1. The van der Waals surface area contributed by atoms with E-state index in [1.165, 1.54) is 5.56 Å². The Morgan fingerprint density at radius 3 is 2.33 bits per heavy atom. The largest absolute Gasteiger partial charge is 0.343 e. The van der Waals surface area contributed by atoms with Crippen molar-refractivity contribution in [3.8, 4) is 11.3 Å². The summed E-state index contributed by atoms with van der Waals surface area (Å²) in [5.41, 5.74) is 3.27. The van der Waals surface area contributed by atoms with E-state index >= 15 is 0 Å². The summed E-state index contributed by atoms with van der Waals surface area (Å²) in [6.07, 6.45) is 0.441. The molecule has 3 nitrogen and oxygen atoms in total. The van der Waals surface area contributed by atoms with Crippen molar-refractivity contribution in [2.75, 3.05) is 13.1 Å². The molecule has 2 aromatic rings. The average molecular weight is 302 g/mol. The highest BCUT2D eigenvalue weighted by atomic mass is 32.1. The monoisotopic (exact) mass is 302 g/mol. The van der Waals surface area contributed by atoms with Gasteiger partial charge in [0.15, 0.2) is 0 Å². The molecule has 0 N–H and O–H groups in total. The number of thiazole rings is 1. The Bertz CT molecular complexity index is 612. The molecule has 0 spiro atoms. The van der Waals surface area contributed by atoms with Crippen LogP contribution in [0, 0.1) is 13.8 Å². The number of aryl methyl sites for hydroxylation is 2. The second kappa shape index (κ2) is 6.85. The first-order valence-corrected chi connectivity index (χ1v) is 8.17. The van der Waals surface area contributed by atoms with Crippen molar-refractivity contribution >= 4 is 17.2 Å². The summed E-state index contributed by atoms with van der Waals surface area (Å²) in [6, 6.07) is 8.32. The molecule has 2 rings (SSSR count). The molecule has 0 aliphatic carbocycles. The van der Waals surface area contributed by atoms with Gasteiger partial charge in [-0.3, -0.25) is 4.79 Å². The Morgan fingerprint density at radius 1 is 1.14 bits per heavy atom. The third kappa shape index (κ3) is 3.70. The molecule has 1 amide bonds. The highest BCUT2D eigenvalue weighted by Crippen LogP contribution is 2.29. The molecular weight excluding hydrogens is 280 g/mol. The maximum Gasteiger partial charge on any atom is 0.227 e. The van der Waals surface area contributed by atoms with Crippen molar-refractivity contribution in [3.05, 3.63) is 39.7 Å². The topological polar surface area (TPSA) is 33.2 Å². The molecule has 0 saturated carbocycles. The zero-order valence-corrected chi connectivity index (χ0v) is 14.0. The molecule has 0 fully saturated rings. The van der Waals surface area contributed by atoms with Crippen molar-refractivity contribution in [1.29, 1.82) is 0 Å². The fourth-order valence-corrected chi connectivity index (χ4v) is 3.30. The van der Waals surface area contributed by atoms with E-state index in [1.807, 2.05) is 25.7 Å². The Labute approximate surface area is 130 Å². The average Bonchev–Trinajstić information content (AvgIpc) is 2.81. The quantitative estimate of drug-likeness (QED) is 0.841. The van der Waals surface area contributed by atoms with E-state index in [0.29, 0.717) is 6.42 Å². The van der Waals surface area contributed by atoms with Crippen LogP contribution in [0.5, 0.6) is 0 Å². The molecule has 112 valence electrons. The standard InChI is InChI=1S/C17H22N2OS/c1-5-19(6-2)16(20)11-15-17(18-13(4)21-15)14-9-7-12(3)8-10-14/h7-10H,5-6,11H2,1-4H3.